The summed E-state index contributed by atoms with van der Waals surface area (Å²) in [4.78, 5) is 10.2. The summed E-state index contributed by atoms with van der Waals surface area (Å²) in [7, 11) is 0. The number of carboxylic acids is 1. The molecule has 0 aliphatic heterocycles. The van der Waals surface area contributed by atoms with Crippen molar-refractivity contribution in [2.24, 2.45) is 5.92 Å². The molecule has 0 aromatic carbocycles. The smallest absolute Gasteiger partial charge is 0.329 e. The van der Waals surface area contributed by atoms with Gasteiger partial charge in [-0.2, -0.15) is 5.26 Å². The molecule has 1 aliphatic carbocycles. The van der Waals surface area contributed by atoms with Crippen LogP contribution in [-0.4, -0.2) is 23.8 Å². The van der Waals surface area contributed by atoms with Gasteiger partial charge >= 0.3 is 5.97 Å². The lowest BCUT2D eigenvalue weighted by atomic mass is 9.88. The van der Waals surface area contributed by atoms with Gasteiger partial charge in [0, 0.05) is 5.92 Å². The molecule has 1 aliphatic rings. The van der Waals surface area contributed by atoms with Crippen molar-refractivity contribution in [3.8, 4) is 6.07 Å². The van der Waals surface area contributed by atoms with Crippen LogP contribution in [0.1, 0.15) is 25.7 Å². The van der Waals surface area contributed by atoms with E-state index in [4.69, 9.17) is 15.1 Å². The first-order chi connectivity index (χ1) is 6.22. The van der Waals surface area contributed by atoms with Crippen LogP contribution in [0, 0.1) is 17.2 Å². The Labute approximate surface area is 77.1 Å². The number of nitriles is 1. The highest BCUT2D eigenvalue weighted by molar-refractivity contribution is 5.68. The summed E-state index contributed by atoms with van der Waals surface area (Å²) in [6, 6.07) is 2.19. The summed E-state index contributed by atoms with van der Waals surface area (Å²) in [6.45, 7) is -0.247. The van der Waals surface area contributed by atoms with Gasteiger partial charge in [-0.25, -0.2) is 4.79 Å². The lowest BCUT2D eigenvalue weighted by Gasteiger charge is -2.24. The molecule has 72 valence electrons. The van der Waals surface area contributed by atoms with E-state index in [-0.39, 0.29) is 18.6 Å². The zero-order chi connectivity index (χ0) is 9.68. The third kappa shape index (κ3) is 3.43. The maximum atomic E-state index is 10.2. The van der Waals surface area contributed by atoms with Crippen molar-refractivity contribution in [3.63, 3.8) is 0 Å². The average Bonchev–Trinajstić information content (AvgIpc) is 2.15. The van der Waals surface area contributed by atoms with Crippen LogP contribution in [0.5, 0.6) is 0 Å². The minimum absolute atomic E-state index is 0.0329. The van der Waals surface area contributed by atoms with E-state index in [0.29, 0.717) is 6.42 Å². The molecule has 4 heteroatoms. The van der Waals surface area contributed by atoms with Crippen molar-refractivity contribution in [3.05, 3.63) is 0 Å². The van der Waals surface area contributed by atoms with Gasteiger partial charge in [0.15, 0.2) is 0 Å². The van der Waals surface area contributed by atoms with Gasteiger partial charge in [0.05, 0.1) is 12.2 Å². The van der Waals surface area contributed by atoms with Crippen LogP contribution in [0.25, 0.3) is 0 Å². The van der Waals surface area contributed by atoms with Crippen LogP contribution in [0.3, 0.4) is 0 Å². The predicted molar refractivity (Wildman–Crippen MR) is 44.9 cm³/mol. The van der Waals surface area contributed by atoms with Gasteiger partial charge < -0.3 is 9.84 Å². The minimum atomic E-state index is -0.945. The first-order valence-corrected chi connectivity index (χ1v) is 4.45. The SMILES string of the molecule is N#CC1CCCC(OCC(=O)O)C1. The van der Waals surface area contributed by atoms with Crippen LogP contribution < -0.4 is 0 Å². The van der Waals surface area contributed by atoms with Crippen molar-refractivity contribution in [2.75, 3.05) is 6.61 Å². The van der Waals surface area contributed by atoms with Gasteiger partial charge in [0.1, 0.15) is 6.61 Å². The molecule has 0 aromatic rings. The number of nitrogens with zero attached hydrogens (tertiary/aromatic N) is 1. The van der Waals surface area contributed by atoms with E-state index in [2.05, 4.69) is 6.07 Å². The van der Waals surface area contributed by atoms with Crippen LogP contribution in [0.2, 0.25) is 0 Å². The third-order valence-electron chi connectivity index (χ3n) is 2.25. The largest absolute Gasteiger partial charge is 0.480 e. The fourth-order valence-corrected chi connectivity index (χ4v) is 1.60. The van der Waals surface area contributed by atoms with Crippen molar-refractivity contribution in [2.45, 2.75) is 31.8 Å². The number of hydrogen-bond acceptors (Lipinski definition) is 3. The normalized spacial score (nSPS) is 27.9. The summed E-state index contributed by atoms with van der Waals surface area (Å²) in [5, 5.41) is 17.0. The molecular weight excluding hydrogens is 170 g/mol. The van der Waals surface area contributed by atoms with E-state index in [0.717, 1.165) is 19.3 Å². The van der Waals surface area contributed by atoms with Crippen LogP contribution in [0.4, 0.5) is 0 Å². The average molecular weight is 183 g/mol. The summed E-state index contributed by atoms with van der Waals surface area (Å²) in [6.07, 6.45) is 3.41. The molecule has 0 saturated heterocycles. The molecule has 0 amide bonds. The van der Waals surface area contributed by atoms with Crippen molar-refractivity contribution in [1.82, 2.24) is 0 Å². The highest BCUT2D eigenvalue weighted by Gasteiger charge is 2.22. The highest BCUT2D eigenvalue weighted by Crippen LogP contribution is 2.25. The second-order valence-corrected chi connectivity index (χ2v) is 3.32. The standard InChI is InChI=1S/C9H13NO3/c10-5-7-2-1-3-8(4-7)13-6-9(11)12/h7-8H,1-4,6H2,(H,11,12). The fourth-order valence-electron chi connectivity index (χ4n) is 1.60. The summed E-state index contributed by atoms with van der Waals surface area (Å²) in [5.74, 6) is -0.897. The molecule has 2 unspecified atom stereocenters. The maximum absolute atomic E-state index is 10.2. The number of aliphatic carboxylic acids is 1. The highest BCUT2D eigenvalue weighted by atomic mass is 16.5. The van der Waals surface area contributed by atoms with Crippen LogP contribution in [-0.2, 0) is 9.53 Å². The number of hydrogen-bond donors (Lipinski definition) is 1. The lowest BCUT2D eigenvalue weighted by molar-refractivity contribution is -0.145. The van der Waals surface area contributed by atoms with E-state index in [1.807, 2.05) is 0 Å². The number of ether oxygens (including phenoxy) is 1. The number of carbonyl (C=O) groups is 1. The Bertz CT molecular complexity index is 221. The van der Waals surface area contributed by atoms with Crippen molar-refractivity contribution < 1.29 is 14.6 Å². The van der Waals surface area contributed by atoms with E-state index >= 15 is 0 Å². The van der Waals surface area contributed by atoms with Gasteiger partial charge in [-0.1, -0.05) is 0 Å². The Kier molecular flexibility index (Phi) is 3.71. The van der Waals surface area contributed by atoms with E-state index in [9.17, 15) is 4.79 Å². The monoisotopic (exact) mass is 183 g/mol. The van der Waals surface area contributed by atoms with Crippen molar-refractivity contribution >= 4 is 5.97 Å². The molecule has 1 saturated carbocycles. The molecular formula is C9H13NO3. The zero-order valence-electron chi connectivity index (χ0n) is 7.40. The molecule has 0 bridgehead atoms. The molecule has 13 heavy (non-hydrogen) atoms. The van der Waals surface area contributed by atoms with Gasteiger partial charge in [-0.05, 0) is 25.7 Å². The zero-order valence-corrected chi connectivity index (χ0v) is 7.40. The van der Waals surface area contributed by atoms with Crippen LogP contribution in [0.15, 0.2) is 0 Å². The molecule has 0 aromatic heterocycles. The van der Waals surface area contributed by atoms with E-state index in [1.165, 1.54) is 0 Å². The van der Waals surface area contributed by atoms with Gasteiger partial charge in [0.2, 0.25) is 0 Å². The topological polar surface area (TPSA) is 70.3 Å². The van der Waals surface area contributed by atoms with Crippen molar-refractivity contribution in [1.29, 1.82) is 5.26 Å². The molecule has 1 N–H and O–H groups in total. The molecule has 1 rings (SSSR count). The number of carboxylic acid groups (broad SMARTS) is 1. The summed E-state index contributed by atoms with van der Waals surface area (Å²) < 4.78 is 5.13. The van der Waals surface area contributed by atoms with Gasteiger partial charge in [-0.15, -0.1) is 0 Å². The van der Waals surface area contributed by atoms with Gasteiger partial charge in [0.25, 0.3) is 0 Å². The number of rotatable bonds is 3. The first-order valence-electron chi connectivity index (χ1n) is 4.45. The predicted octanol–water partition coefficient (Wildman–Crippen LogP) is 1.17. The Morgan fingerprint density at radius 1 is 1.62 bits per heavy atom. The lowest BCUT2D eigenvalue weighted by Crippen LogP contribution is -2.24. The summed E-state index contributed by atoms with van der Waals surface area (Å²) >= 11 is 0. The molecule has 0 spiro atoms. The second-order valence-electron chi connectivity index (χ2n) is 3.32. The van der Waals surface area contributed by atoms with Crippen LogP contribution >= 0.6 is 0 Å². The Morgan fingerprint density at radius 3 is 3.00 bits per heavy atom. The first kappa shape index (κ1) is 10.0. The summed E-state index contributed by atoms with van der Waals surface area (Å²) in [5.41, 5.74) is 0. The van der Waals surface area contributed by atoms with E-state index in [1.54, 1.807) is 0 Å². The molecule has 1 fully saturated rings. The second kappa shape index (κ2) is 4.83. The quantitative estimate of drug-likeness (QED) is 0.713. The molecule has 2 atom stereocenters. The third-order valence-corrected chi connectivity index (χ3v) is 2.25. The Hall–Kier alpha value is -1.08. The van der Waals surface area contributed by atoms with E-state index < -0.39 is 5.97 Å². The Morgan fingerprint density at radius 2 is 2.38 bits per heavy atom. The molecule has 0 heterocycles. The minimum Gasteiger partial charge on any atom is -0.480 e. The maximum Gasteiger partial charge on any atom is 0.329 e. The Balaban J connectivity index is 2.27. The van der Waals surface area contributed by atoms with Gasteiger partial charge in [-0.3, -0.25) is 0 Å². The molecule has 0 radical (unpaired) electrons. The fraction of sp³-hybridized carbons (Fsp3) is 0.778. The molecule has 4 nitrogen and oxygen atoms in total.